The maximum atomic E-state index is 13.7. The van der Waals surface area contributed by atoms with E-state index in [0.29, 0.717) is 15.6 Å². The molecule has 18 heavy (non-hydrogen) atoms. The van der Waals surface area contributed by atoms with Crippen molar-refractivity contribution in [2.45, 2.75) is 10.1 Å². The van der Waals surface area contributed by atoms with Crippen molar-refractivity contribution in [3.63, 3.8) is 0 Å². The Labute approximate surface area is 106 Å². The summed E-state index contributed by atoms with van der Waals surface area (Å²) in [7, 11) is 0. The lowest BCUT2D eigenvalue weighted by molar-refractivity contribution is 0.601. The Bertz CT molecular complexity index is 655. The summed E-state index contributed by atoms with van der Waals surface area (Å²) >= 11 is 0.996. The van der Waals surface area contributed by atoms with Gasteiger partial charge in [-0.15, -0.1) is 0 Å². The van der Waals surface area contributed by atoms with E-state index in [-0.39, 0.29) is 11.4 Å². The molecule has 1 aromatic heterocycles. The number of halogens is 1. The van der Waals surface area contributed by atoms with Gasteiger partial charge in [-0.05, 0) is 30.0 Å². The zero-order valence-electron chi connectivity index (χ0n) is 9.11. The van der Waals surface area contributed by atoms with Crippen LogP contribution in [0.4, 0.5) is 4.39 Å². The predicted molar refractivity (Wildman–Crippen MR) is 66.4 cm³/mol. The van der Waals surface area contributed by atoms with E-state index in [0.717, 1.165) is 11.8 Å². The van der Waals surface area contributed by atoms with Crippen LogP contribution in [0.2, 0.25) is 0 Å². The minimum atomic E-state index is -0.515. The Morgan fingerprint density at radius 1 is 1.44 bits per heavy atom. The number of amidine groups is 1. The topological polar surface area (TPSA) is 95.6 Å². The van der Waals surface area contributed by atoms with Gasteiger partial charge >= 0.3 is 0 Å². The lowest BCUT2D eigenvalue weighted by Crippen LogP contribution is -2.11. The number of H-pyrrole nitrogens is 1. The van der Waals surface area contributed by atoms with Crippen LogP contribution in [-0.4, -0.2) is 15.8 Å². The molecule has 1 aromatic carbocycles. The molecule has 4 N–H and O–H groups in total. The summed E-state index contributed by atoms with van der Waals surface area (Å²) in [6.07, 6.45) is 1.35. The zero-order chi connectivity index (χ0) is 13.1. The number of aromatic nitrogens is 2. The van der Waals surface area contributed by atoms with Gasteiger partial charge in [-0.2, -0.15) is 0 Å². The SMILES string of the molecule is N=C(N)c1ccc(Sc2nccc(=O)[nH]2)c(F)c1. The molecule has 0 saturated carbocycles. The fourth-order valence-electron chi connectivity index (χ4n) is 1.26. The van der Waals surface area contributed by atoms with E-state index in [1.165, 1.54) is 30.5 Å². The molecule has 0 fully saturated rings. The number of rotatable bonds is 3. The van der Waals surface area contributed by atoms with Gasteiger partial charge in [0.1, 0.15) is 11.7 Å². The van der Waals surface area contributed by atoms with Gasteiger partial charge in [0.2, 0.25) is 0 Å². The second-order valence-corrected chi connectivity index (χ2v) is 4.43. The first-order chi connectivity index (χ1) is 8.56. The molecule has 0 radical (unpaired) electrons. The van der Waals surface area contributed by atoms with E-state index in [1.54, 1.807) is 0 Å². The average Bonchev–Trinajstić information content (AvgIpc) is 2.31. The molecule has 0 unspecified atom stereocenters. The van der Waals surface area contributed by atoms with E-state index >= 15 is 0 Å². The van der Waals surface area contributed by atoms with E-state index in [9.17, 15) is 9.18 Å². The lowest BCUT2D eigenvalue weighted by Gasteiger charge is -2.04. The summed E-state index contributed by atoms with van der Waals surface area (Å²) in [5, 5.41) is 7.50. The molecule has 0 aliphatic carbocycles. The number of hydrogen-bond acceptors (Lipinski definition) is 4. The minimum absolute atomic E-state index is 0.198. The molecule has 92 valence electrons. The summed E-state index contributed by atoms with van der Waals surface area (Å²) in [6, 6.07) is 5.48. The monoisotopic (exact) mass is 264 g/mol. The second-order valence-electron chi connectivity index (χ2n) is 3.40. The van der Waals surface area contributed by atoms with E-state index in [4.69, 9.17) is 11.1 Å². The highest BCUT2D eigenvalue weighted by atomic mass is 32.2. The first-order valence-electron chi connectivity index (χ1n) is 4.93. The molecule has 1 heterocycles. The van der Waals surface area contributed by atoms with Crippen LogP contribution in [0.15, 0.2) is 45.3 Å². The maximum absolute atomic E-state index is 13.7. The third-order valence-corrected chi connectivity index (χ3v) is 3.05. The molecule has 2 rings (SSSR count). The number of aromatic amines is 1. The summed E-state index contributed by atoms with van der Waals surface area (Å²) in [4.78, 5) is 17.8. The van der Waals surface area contributed by atoms with Crippen LogP contribution in [0, 0.1) is 11.2 Å². The summed E-state index contributed by atoms with van der Waals surface area (Å²) in [5.74, 6) is -0.712. The number of nitrogen functional groups attached to an aromatic ring is 1. The van der Waals surface area contributed by atoms with E-state index in [1.807, 2.05) is 0 Å². The van der Waals surface area contributed by atoms with E-state index in [2.05, 4.69) is 9.97 Å². The molecule has 2 aromatic rings. The Balaban J connectivity index is 2.30. The highest BCUT2D eigenvalue weighted by molar-refractivity contribution is 7.99. The highest BCUT2D eigenvalue weighted by Gasteiger charge is 2.08. The first kappa shape index (κ1) is 12.3. The van der Waals surface area contributed by atoms with Gasteiger partial charge in [-0.25, -0.2) is 9.37 Å². The largest absolute Gasteiger partial charge is 0.384 e. The Morgan fingerprint density at radius 2 is 2.22 bits per heavy atom. The molecule has 0 amide bonds. The van der Waals surface area contributed by atoms with Gasteiger partial charge in [0, 0.05) is 17.8 Å². The van der Waals surface area contributed by atoms with Gasteiger partial charge in [0.25, 0.3) is 5.56 Å². The van der Waals surface area contributed by atoms with Crippen LogP contribution in [0.3, 0.4) is 0 Å². The van der Waals surface area contributed by atoms with Gasteiger partial charge in [0.05, 0.1) is 4.90 Å². The number of nitrogens with one attached hydrogen (secondary N) is 2. The van der Waals surface area contributed by atoms with Crippen LogP contribution in [0.5, 0.6) is 0 Å². The summed E-state index contributed by atoms with van der Waals surface area (Å²) < 4.78 is 13.7. The van der Waals surface area contributed by atoms with Crippen molar-refractivity contribution in [2.24, 2.45) is 5.73 Å². The fourth-order valence-corrected chi connectivity index (χ4v) is 2.03. The van der Waals surface area contributed by atoms with Crippen LogP contribution in [0.1, 0.15) is 5.56 Å². The van der Waals surface area contributed by atoms with E-state index < -0.39 is 5.82 Å². The molecular formula is C11H9FN4OS. The smallest absolute Gasteiger partial charge is 0.251 e. The molecule has 0 spiro atoms. The molecule has 0 atom stereocenters. The van der Waals surface area contributed by atoms with Crippen LogP contribution < -0.4 is 11.3 Å². The second kappa shape index (κ2) is 5.01. The predicted octanol–water partition coefficient (Wildman–Crippen LogP) is 1.34. The number of nitrogens with zero attached hydrogens (tertiary/aromatic N) is 1. The van der Waals surface area contributed by atoms with Gasteiger partial charge < -0.3 is 10.7 Å². The van der Waals surface area contributed by atoms with Crippen molar-refractivity contribution in [3.05, 3.63) is 52.2 Å². The summed E-state index contributed by atoms with van der Waals surface area (Å²) in [5.41, 5.74) is 5.27. The first-order valence-corrected chi connectivity index (χ1v) is 5.75. The Morgan fingerprint density at radius 3 is 2.83 bits per heavy atom. The normalized spacial score (nSPS) is 10.3. The van der Waals surface area contributed by atoms with Gasteiger partial charge in [-0.1, -0.05) is 0 Å². The Kier molecular flexibility index (Phi) is 3.42. The molecule has 0 aliphatic rings. The van der Waals surface area contributed by atoms with Crippen molar-refractivity contribution < 1.29 is 4.39 Å². The number of hydrogen-bond donors (Lipinski definition) is 3. The fraction of sp³-hybridized carbons (Fsp3) is 0. The van der Waals surface area contributed by atoms with Gasteiger partial charge in [0.15, 0.2) is 5.16 Å². The molecule has 0 saturated heterocycles. The van der Waals surface area contributed by atoms with Crippen LogP contribution >= 0.6 is 11.8 Å². The third-order valence-electron chi connectivity index (χ3n) is 2.10. The molecule has 5 nitrogen and oxygen atoms in total. The third kappa shape index (κ3) is 2.75. The highest BCUT2D eigenvalue weighted by Crippen LogP contribution is 2.26. The molecule has 0 aliphatic heterocycles. The molecular weight excluding hydrogens is 255 g/mol. The quantitative estimate of drug-likeness (QED) is 0.443. The van der Waals surface area contributed by atoms with Crippen molar-refractivity contribution in [1.29, 1.82) is 5.41 Å². The lowest BCUT2D eigenvalue weighted by atomic mass is 10.2. The minimum Gasteiger partial charge on any atom is -0.384 e. The summed E-state index contributed by atoms with van der Waals surface area (Å²) in [6.45, 7) is 0. The Hall–Kier alpha value is -2.15. The van der Waals surface area contributed by atoms with Crippen LogP contribution in [0.25, 0.3) is 0 Å². The van der Waals surface area contributed by atoms with Crippen molar-refractivity contribution in [1.82, 2.24) is 9.97 Å². The van der Waals surface area contributed by atoms with Gasteiger partial charge in [-0.3, -0.25) is 10.2 Å². The molecule has 7 heteroatoms. The van der Waals surface area contributed by atoms with Crippen molar-refractivity contribution in [3.8, 4) is 0 Å². The number of benzene rings is 1. The van der Waals surface area contributed by atoms with Crippen LogP contribution in [-0.2, 0) is 0 Å². The standard InChI is InChI=1S/C11H9FN4OS/c12-7-5-6(10(13)14)1-2-8(7)18-11-15-4-3-9(17)16-11/h1-5H,(H3,13,14)(H,15,16,17). The molecule has 0 bridgehead atoms. The average molecular weight is 264 g/mol. The number of nitrogens with two attached hydrogens (primary N) is 1. The van der Waals surface area contributed by atoms with Crippen molar-refractivity contribution in [2.75, 3.05) is 0 Å². The van der Waals surface area contributed by atoms with Crippen molar-refractivity contribution >= 4 is 17.6 Å². The maximum Gasteiger partial charge on any atom is 0.251 e. The zero-order valence-corrected chi connectivity index (χ0v) is 9.92.